The van der Waals surface area contributed by atoms with E-state index >= 15 is 0 Å². The van der Waals surface area contributed by atoms with Crippen molar-refractivity contribution in [1.29, 1.82) is 5.26 Å². The third-order valence-electron chi connectivity index (χ3n) is 2.71. The molecule has 1 rings (SSSR count). The van der Waals surface area contributed by atoms with Crippen LogP contribution in [0.15, 0.2) is 12.1 Å². The Morgan fingerprint density at radius 3 is 2.65 bits per heavy atom. The van der Waals surface area contributed by atoms with Gasteiger partial charge in [-0.1, -0.05) is 13.0 Å². The highest BCUT2D eigenvalue weighted by Gasteiger charge is 2.15. The van der Waals surface area contributed by atoms with Gasteiger partial charge in [-0.25, -0.2) is 0 Å². The van der Waals surface area contributed by atoms with Crippen molar-refractivity contribution in [2.45, 2.75) is 25.6 Å². The summed E-state index contributed by atoms with van der Waals surface area (Å²) in [5, 5.41) is 9.04. The Hall–Kier alpha value is -1.53. The number of methoxy groups -OCH3 is 1. The van der Waals surface area contributed by atoms with Crippen LogP contribution in [0.25, 0.3) is 0 Å². The number of nitriles is 1. The number of alkyl halides is 1. The number of rotatable bonds is 4. The number of carbonyl (C=O) groups is 1. The van der Waals surface area contributed by atoms with E-state index in [-0.39, 0.29) is 12.4 Å². The smallest absolute Gasteiger partial charge is 0.310 e. The van der Waals surface area contributed by atoms with Gasteiger partial charge in [0.15, 0.2) is 0 Å². The largest absolute Gasteiger partial charge is 0.469 e. The van der Waals surface area contributed by atoms with Gasteiger partial charge in [-0.2, -0.15) is 5.26 Å². The van der Waals surface area contributed by atoms with E-state index in [4.69, 9.17) is 16.9 Å². The van der Waals surface area contributed by atoms with E-state index in [1.165, 1.54) is 7.11 Å². The predicted molar refractivity (Wildman–Crippen MR) is 65.8 cm³/mol. The average molecular weight is 252 g/mol. The van der Waals surface area contributed by atoms with Gasteiger partial charge < -0.3 is 4.74 Å². The van der Waals surface area contributed by atoms with Gasteiger partial charge >= 0.3 is 5.97 Å². The molecule has 0 aromatic heterocycles. The number of benzene rings is 1. The second-order valence-corrected chi connectivity index (χ2v) is 3.85. The van der Waals surface area contributed by atoms with Crippen LogP contribution >= 0.6 is 11.6 Å². The highest BCUT2D eigenvalue weighted by atomic mass is 35.5. The average Bonchev–Trinajstić information content (AvgIpc) is 2.37. The van der Waals surface area contributed by atoms with Gasteiger partial charge in [-0.15, -0.1) is 11.6 Å². The number of hydrogen-bond acceptors (Lipinski definition) is 3. The van der Waals surface area contributed by atoms with E-state index in [0.29, 0.717) is 17.0 Å². The van der Waals surface area contributed by atoms with Gasteiger partial charge in [-0.3, -0.25) is 4.79 Å². The maximum absolute atomic E-state index is 11.3. The van der Waals surface area contributed by atoms with Crippen LogP contribution in [0, 0.1) is 11.3 Å². The summed E-state index contributed by atoms with van der Waals surface area (Å²) in [6, 6.07) is 5.70. The molecule has 0 bridgehead atoms. The molecule has 0 spiro atoms. The van der Waals surface area contributed by atoms with E-state index in [9.17, 15) is 4.79 Å². The molecular weight excluding hydrogens is 238 g/mol. The molecule has 0 N–H and O–H groups in total. The van der Waals surface area contributed by atoms with Crippen molar-refractivity contribution in [3.63, 3.8) is 0 Å². The second-order valence-electron chi connectivity index (χ2n) is 3.58. The Morgan fingerprint density at radius 1 is 1.47 bits per heavy atom. The van der Waals surface area contributed by atoms with Crippen LogP contribution in [0.4, 0.5) is 0 Å². The van der Waals surface area contributed by atoms with Crippen LogP contribution in [-0.4, -0.2) is 13.1 Å². The van der Waals surface area contributed by atoms with Crippen molar-refractivity contribution in [3.8, 4) is 6.07 Å². The first-order valence-corrected chi connectivity index (χ1v) is 5.87. The Balaban J connectivity index is 3.31. The Bertz CT molecular complexity index is 463. The van der Waals surface area contributed by atoms with Crippen molar-refractivity contribution < 1.29 is 9.53 Å². The Kier molecular flexibility index (Phi) is 4.99. The molecule has 0 radical (unpaired) electrons. The van der Waals surface area contributed by atoms with Crippen LogP contribution in [0.5, 0.6) is 0 Å². The zero-order valence-corrected chi connectivity index (χ0v) is 10.7. The summed E-state index contributed by atoms with van der Waals surface area (Å²) in [7, 11) is 1.33. The fraction of sp³-hybridized carbons (Fsp3) is 0.385. The summed E-state index contributed by atoms with van der Waals surface area (Å²) in [4.78, 5) is 11.3. The molecule has 0 aliphatic heterocycles. The minimum Gasteiger partial charge on any atom is -0.469 e. The van der Waals surface area contributed by atoms with Gasteiger partial charge in [0.1, 0.15) is 0 Å². The van der Waals surface area contributed by atoms with Crippen LogP contribution in [-0.2, 0) is 28.3 Å². The summed E-state index contributed by atoms with van der Waals surface area (Å²) in [5.41, 5.74) is 3.12. The van der Waals surface area contributed by atoms with Crippen LogP contribution in [0.3, 0.4) is 0 Å². The molecule has 3 nitrogen and oxygen atoms in total. The molecular formula is C13H14ClNO2. The van der Waals surface area contributed by atoms with Crippen LogP contribution in [0.2, 0.25) is 0 Å². The quantitative estimate of drug-likeness (QED) is 0.610. The molecule has 0 atom stereocenters. The standard InChI is InChI=1S/C13H14ClNO2/c1-3-9-4-5-10(8-15)11(12(9)7-14)6-13(16)17-2/h4-5H,3,6-7H2,1-2H3. The maximum Gasteiger partial charge on any atom is 0.310 e. The first-order valence-electron chi connectivity index (χ1n) is 5.34. The van der Waals surface area contributed by atoms with E-state index in [0.717, 1.165) is 17.5 Å². The molecule has 0 saturated carbocycles. The van der Waals surface area contributed by atoms with E-state index < -0.39 is 0 Å². The fourth-order valence-electron chi connectivity index (χ4n) is 1.76. The lowest BCUT2D eigenvalue weighted by Gasteiger charge is -2.12. The van der Waals surface area contributed by atoms with Gasteiger partial charge in [-0.05, 0) is 29.2 Å². The molecule has 0 aliphatic carbocycles. The van der Waals surface area contributed by atoms with Crippen molar-refractivity contribution in [2.24, 2.45) is 0 Å². The zero-order chi connectivity index (χ0) is 12.8. The van der Waals surface area contributed by atoms with Crippen LogP contribution in [0.1, 0.15) is 29.2 Å². The van der Waals surface area contributed by atoms with Crippen LogP contribution < -0.4 is 0 Å². The van der Waals surface area contributed by atoms with Gasteiger partial charge in [0.2, 0.25) is 0 Å². The molecule has 0 aliphatic rings. The molecule has 0 heterocycles. The first-order chi connectivity index (χ1) is 8.17. The van der Waals surface area contributed by atoms with Gasteiger partial charge in [0.05, 0.1) is 25.2 Å². The van der Waals surface area contributed by atoms with Crippen molar-refractivity contribution in [2.75, 3.05) is 7.11 Å². The number of carbonyl (C=O) groups excluding carboxylic acids is 1. The lowest BCUT2D eigenvalue weighted by Crippen LogP contribution is -2.10. The molecule has 4 heteroatoms. The fourth-order valence-corrected chi connectivity index (χ4v) is 2.10. The highest BCUT2D eigenvalue weighted by Crippen LogP contribution is 2.22. The number of aryl methyl sites for hydroxylation is 1. The van der Waals surface area contributed by atoms with E-state index in [1.807, 2.05) is 13.0 Å². The Labute approximate surface area is 106 Å². The number of hydrogen-bond donors (Lipinski definition) is 0. The predicted octanol–water partition coefficient (Wildman–Crippen LogP) is 2.57. The maximum atomic E-state index is 11.3. The molecule has 1 aromatic carbocycles. The second kappa shape index (κ2) is 6.27. The summed E-state index contributed by atoms with van der Waals surface area (Å²) >= 11 is 5.91. The SMILES string of the molecule is CCc1ccc(C#N)c(CC(=O)OC)c1CCl. The third kappa shape index (κ3) is 2.98. The minimum atomic E-state index is -0.360. The normalized spacial score (nSPS) is 9.76. The van der Waals surface area contributed by atoms with Crippen molar-refractivity contribution in [3.05, 3.63) is 34.4 Å². The Morgan fingerprint density at radius 2 is 2.18 bits per heavy atom. The molecule has 0 amide bonds. The molecule has 1 aromatic rings. The summed E-state index contributed by atoms with van der Waals surface area (Å²) in [6.45, 7) is 2.01. The molecule has 0 fully saturated rings. The molecule has 0 saturated heterocycles. The van der Waals surface area contributed by atoms with Gasteiger partial charge in [0, 0.05) is 5.88 Å². The number of halogens is 1. The monoisotopic (exact) mass is 251 g/mol. The van der Waals surface area contributed by atoms with Crippen molar-refractivity contribution in [1.82, 2.24) is 0 Å². The summed E-state index contributed by atoms with van der Waals surface area (Å²) in [5.74, 6) is -0.0634. The molecule has 90 valence electrons. The number of esters is 1. The summed E-state index contributed by atoms with van der Waals surface area (Å²) in [6.07, 6.45) is 0.914. The van der Waals surface area contributed by atoms with Gasteiger partial charge in [0.25, 0.3) is 0 Å². The third-order valence-corrected chi connectivity index (χ3v) is 2.98. The lowest BCUT2D eigenvalue weighted by molar-refractivity contribution is -0.139. The van der Waals surface area contributed by atoms with E-state index in [2.05, 4.69) is 10.8 Å². The highest BCUT2D eigenvalue weighted by molar-refractivity contribution is 6.17. The molecule has 17 heavy (non-hydrogen) atoms. The topological polar surface area (TPSA) is 50.1 Å². The first kappa shape index (κ1) is 13.5. The number of ether oxygens (including phenoxy) is 1. The zero-order valence-electron chi connectivity index (χ0n) is 9.92. The molecule has 0 unspecified atom stereocenters. The van der Waals surface area contributed by atoms with E-state index in [1.54, 1.807) is 6.07 Å². The van der Waals surface area contributed by atoms with Crippen molar-refractivity contribution >= 4 is 17.6 Å². The minimum absolute atomic E-state index is 0.0925. The summed E-state index contributed by atoms with van der Waals surface area (Å²) < 4.78 is 4.64. The lowest BCUT2D eigenvalue weighted by atomic mass is 9.94. The number of nitrogens with zero attached hydrogens (tertiary/aromatic N) is 1.